The van der Waals surface area contributed by atoms with Gasteiger partial charge in [0, 0.05) is 6.16 Å². The maximum atomic E-state index is 2.45. The van der Waals surface area contributed by atoms with E-state index >= 15 is 0 Å². The first-order chi connectivity index (χ1) is 10.3. The van der Waals surface area contributed by atoms with Crippen molar-refractivity contribution >= 4 is 24.9 Å². The Bertz CT molecular complexity index is 556. The molecule has 21 heavy (non-hydrogen) atoms. The molecular formula is C18H22N2P+. The summed E-state index contributed by atoms with van der Waals surface area (Å²) in [7, 11) is 1.89. The molecule has 3 rings (SSSR count). The highest BCUT2D eigenvalue weighted by Gasteiger charge is 2.20. The molecule has 2 nitrogen and oxygen atoms in total. The average Bonchev–Trinajstić information content (AvgIpc) is 2.95. The zero-order valence-corrected chi connectivity index (χ0v) is 13.4. The molecule has 3 heteroatoms. The molecule has 0 saturated heterocycles. The Morgan fingerprint density at radius 1 is 0.952 bits per heavy atom. The van der Waals surface area contributed by atoms with E-state index < -0.39 is 0 Å². The highest BCUT2D eigenvalue weighted by atomic mass is 31.1. The molecule has 0 saturated carbocycles. The van der Waals surface area contributed by atoms with Crippen molar-refractivity contribution in [3.63, 3.8) is 0 Å². The summed E-state index contributed by atoms with van der Waals surface area (Å²) in [5, 5.41) is 2.96. The Morgan fingerprint density at radius 2 is 1.52 bits per heavy atom. The average molecular weight is 297 g/mol. The number of hydrogen-bond acceptors (Lipinski definition) is 1. The maximum absolute atomic E-state index is 2.45. The third-order valence-electron chi connectivity index (χ3n) is 3.85. The molecule has 0 aromatic heterocycles. The first kappa shape index (κ1) is 14.3. The van der Waals surface area contributed by atoms with Gasteiger partial charge in [-0.05, 0) is 18.5 Å². The summed E-state index contributed by atoms with van der Waals surface area (Å²) < 4.78 is 2.27. The number of rotatable bonds is 5. The first-order valence-corrected chi connectivity index (χ1v) is 9.02. The van der Waals surface area contributed by atoms with E-state index in [1.807, 2.05) is 0 Å². The summed E-state index contributed by atoms with van der Waals surface area (Å²) >= 11 is 0. The van der Waals surface area contributed by atoms with Crippen molar-refractivity contribution in [2.24, 2.45) is 0 Å². The maximum Gasteiger partial charge on any atom is 0.234 e. The minimum Gasteiger partial charge on any atom is -0.267 e. The van der Waals surface area contributed by atoms with Gasteiger partial charge in [-0.15, -0.1) is 0 Å². The van der Waals surface area contributed by atoms with Gasteiger partial charge in [-0.25, -0.2) is 0 Å². The topological polar surface area (TPSA) is 6.25 Å². The highest BCUT2D eigenvalue weighted by molar-refractivity contribution is 7.73. The lowest BCUT2D eigenvalue weighted by Gasteiger charge is -2.19. The van der Waals surface area contributed by atoms with Crippen LogP contribution in [0.2, 0.25) is 0 Å². The molecule has 0 unspecified atom stereocenters. The van der Waals surface area contributed by atoms with Crippen molar-refractivity contribution < 1.29 is 4.58 Å². The molecule has 1 aliphatic rings. The SMILES string of the molecule is C[N+]1=CN(CCP(c2ccccc2)c2ccccc2)CC1. The molecule has 2 aromatic rings. The van der Waals surface area contributed by atoms with E-state index in [0.29, 0.717) is 0 Å². The van der Waals surface area contributed by atoms with Gasteiger partial charge in [-0.3, -0.25) is 9.48 Å². The molecule has 0 radical (unpaired) electrons. The third-order valence-corrected chi connectivity index (χ3v) is 6.34. The van der Waals surface area contributed by atoms with Crippen LogP contribution < -0.4 is 10.6 Å². The van der Waals surface area contributed by atoms with Gasteiger partial charge in [-0.1, -0.05) is 60.7 Å². The van der Waals surface area contributed by atoms with Crippen LogP contribution in [0.1, 0.15) is 0 Å². The van der Waals surface area contributed by atoms with Gasteiger partial charge in [0.2, 0.25) is 6.34 Å². The second-order valence-corrected chi connectivity index (χ2v) is 7.79. The number of benzene rings is 2. The first-order valence-electron chi connectivity index (χ1n) is 7.50. The molecule has 0 fully saturated rings. The monoisotopic (exact) mass is 297 g/mol. The van der Waals surface area contributed by atoms with E-state index in [-0.39, 0.29) is 7.92 Å². The Balaban J connectivity index is 1.77. The molecule has 0 N–H and O–H groups in total. The molecule has 2 aromatic carbocycles. The second-order valence-electron chi connectivity index (χ2n) is 5.45. The van der Waals surface area contributed by atoms with Gasteiger partial charge in [0.15, 0.2) is 0 Å². The van der Waals surface area contributed by atoms with Crippen molar-refractivity contribution in [3.8, 4) is 0 Å². The molecule has 0 spiro atoms. The minimum atomic E-state index is -0.261. The van der Waals surface area contributed by atoms with Crippen LogP contribution >= 0.6 is 7.92 Å². The third kappa shape index (κ3) is 3.71. The van der Waals surface area contributed by atoms with E-state index in [2.05, 4.69) is 83.5 Å². The number of hydrogen-bond donors (Lipinski definition) is 0. The Kier molecular flexibility index (Phi) is 4.67. The molecule has 108 valence electrons. The zero-order chi connectivity index (χ0) is 14.5. The molecule has 0 atom stereocenters. The fourth-order valence-corrected chi connectivity index (χ4v) is 5.04. The van der Waals surface area contributed by atoms with Crippen LogP contribution in [0.15, 0.2) is 60.7 Å². The largest absolute Gasteiger partial charge is 0.267 e. The normalized spacial score (nSPS) is 14.6. The van der Waals surface area contributed by atoms with Gasteiger partial charge >= 0.3 is 0 Å². The zero-order valence-electron chi connectivity index (χ0n) is 12.5. The van der Waals surface area contributed by atoms with Crippen LogP contribution in [0.25, 0.3) is 0 Å². The highest BCUT2D eigenvalue weighted by Crippen LogP contribution is 2.33. The lowest BCUT2D eigenvalue weighted by atomic mass is 10.4. The van der Waals surface area contributed by atoms with E-state index in [4.69, 9.17) is 0 Å². The van der Waals surface area contributed by atoms with Crippen molar-refractivity contribution in [2.75, 3.05) is 32.8 Å². The van der Waals surface area contributed by atoms with E-state index in [0.717, 1.165) is 19.6 Å². The van der Waals surface area contributed by atoms with E-state index in [1.54, 1.807) is 0 Å². The predicted molar refractivity (Wildman–Crippen MR) is 92.6 cm³/mol. The van der Waals surface area contributed by atoms with Gasteiger partial charge in [0.05, 0.1) is 13.6 Å². The summed E-state index contributed by atoms with van der Waals surface area (Å²) in [4.78, 5) is 2.45. The fraction of sp³-hybridized carbons (Fsp3) is 0.278. The lowest BCUT2D eigenvalue weighted by molar-refractivity contribution is -0.482. The van der Waals surface area contributed by atoms with Crippen molar-refractivity contribution in [1.29, 1.82) is 0 Å². The quantitative estimate of drug-likeness (QED) is 0.605. The van der Waals surface area contributed by atoms with Crippen LogP contribution in [-0.2, 0) is 0 Å². The number of likely N-dealkylation sites (N-methyl/N-ethyl adjacent to an activating group) is 1. The van der Waals surface area contributed by atoms with Gasteiger partial charge in [0.1, 0.15) is 13.1 Å². The summed E-state index contributed by atoms with van der Waals surface area (Å²) in [5.74, 6) is 0. The molecule has 0 bridgehead atoms. The smallest absolute Gasteiger partial charge is 0.234 e. The minimum absolute atomic E-state index is 0.261. The predicted octanol–water partition coefficient (Wildman–Crippen LogP) is 2.11. The van der Waals surface area contributed by atoms with E-state index in [1.165, 1.54) is 16.8 Å². The fourth-order valence-electron chi connectivity index (χ4n) is 2.70. The summed E-state index contributed by atoms with van der Waals surface area (Å²) in [6, 6.07) is 21.9. The van der Waals surface area contributed by atoms with Gasteiger partial charge in [-0.2, -0.15) is 0 Å². The van der Waals surface area contributed by atoms with E-state index in [9.17, 15) is 0 Å². The molecule has 0 amide bonds. The van der Waals surface area contributed by atoms with Crippen LogP contribution in [-0.4, -0.2) is 48.7 Å². The lowest BCUT2D eigenvalue weighted by Crippen LogP contribution is -2.26. The van der Waals surface area contributed by atoms with Crippen LogP contribution in [0.4, 0.5) is 0 Å². The summed E-state index contributed by atoms with van der Waals surface area (Å²) in [6.07, 6.45) is 3.47. The van der Waals surface area contributed by atoms with Crippen LogP contribution in [0, 0.1) is 0 Å². The second kappa shape index (κ2) is 6.87. The van der Waals surface area contributed by atoms with Crippen molar-refractivity contribution in [3.05, 3.63) is 60.7 Å². The Hall–Kier alpha value is -1.66. The summed E-state index contributed by atoms with van der Waals surface area (Å²) in [6.45, 7) is 3.44. The van der Waals surface area contributed by atoms with Crippen LogP contribution in [0.3, 0.4) is 0 Å². The standard InChI is InChI=1S/C18H22N2P/c1-19-12-13-20(16-19)14-15-21(17-8-4-2-5-9-17)18-10-6-3-7-11-18/h2-11,16H,12-15H2,1H3/q+1. The summed E-state index contributed by atoms with van der Waals surface area (Å²) in [5.41, 5.74) is 0. The van der Waals surface area contributed by atoms with Crippen LogP contribution in [0.5, 0.6) is 0 Å². The molecule has 1 aliphatic heterocycles. The Morgan fingerprint density at radius 3 is 2.00 bits per heavy atom. The van der Waals surface area contributed by atoms with Gasteiger partial charge < -0.3 is 0 Å². The Labute approximate surface area is 128 Å². The molecule has 1 heterocycles. The van der Waals surface area contributed by atoms with Gasteiger partial charge in [0.25, 0.3) is 0 Å². The molecular weight excluding hydrogens is 275 g/mol. The molecule has 0 aliphatic carbocycles. The van der Waals surface area contributed by atoms with Crippen molar-refractivity contribution in [2.45, 2.75) is 0 Å². The number of nitrogens with zero attached hydrogens (tertiary/aromatic N) is 2. The van der Waals surface area contributed by atoms with Crippen molar-refractivity contribution in [1.82, 2.24) is 4.90 Å².